The molecule has 1 aliphatic carbocycles. The van der Waals surface area contributed by atoms with Crippen molar-refractivity contribution in [3.05, 3.63) is 35.4 Å². The van der Waals surface area contributed by atoms with Gasteiger partial charge in [-0.15, -0.1) is 0 Å². The van der Waals surface area contributed by atoms with Gasteiger partial charge in [0.25, 0.3) is 5.91 Å². The van der Waals surface area contributed by atoms with Crippen molar-refractivity contribution in [2.45, 2.75) is 45.9 Å². The van der Waals surface area contributed by atoms with E-state index in [1.54, 1.807) is 0 Å². The molecule has 1 saturated carbocycles. The highest BCUT2D eigenvalue weighted by molar-refractivity contribution is 5.94. The summed E-state index contributed by atoms with van der Waals surface area (Å²) in [6.45, 7) is 7.57. The average molecular weight is 290 g/mol. The monoisotopic (exact) mass is 290 g/mol. The molecule has 1 amide bonds. The maximum Gasteiger partial charge on any atom is 0.253 e. The third-order valence-corrected chi connectivity index (χ3v) is 4.72. The molecule has 0 aromatic heterocycles. The highest BCUT2D eigenvalue weighted by Gasteiger charge is 2.51. The molecule has 1 aromatic carbocycles. The van der Waals surface area contributed by atoms with Crippen LogP contribution in [-0.4, -0.2) is 36.6 Å². The zero-order valence-electron chi connectivity index (χ0n) is 13.4. The Labute approximate surface area is 127 Å². The van der Waals surface area contributed by atoms with E-state index < -0.39 is 0 Å². The van der Waals surface area contributed by atoms with Gasteiger partial charge < -0.3 is 15.4 Å². The van der Waals surface area contributed by atoms with Gasteiger partial charge in [0.2, 0.25) is 0 Å². The van der Waals surface area contributed by atoms with Crippen LogP contribution in [0.2, 0.25) is 0 Å². The van der Waals surface area contributed by atoms with Gasteiger partial charge in [-0.1, -0.05) is 26.0 Å². The zero-order chi connectivity index (χ0) is 15.6. The van der Waals surface area contributed by atoms with Crippen molar-refractivity contribution in [1.82, 2.24) is 4.90 Å². The summed E-state index contributed by atoms with van der Waals surface area (Å²) in [7, 11) is 1.88. The first-order valence-electron chi connectivity index (χ1n) is 7.59. The fourth-order valence-electron chi connectivity index (χ4n) is 3.13. The first kappa shape index (κ1) is 16.0. The largest absolute Gasteiger partial charge is 0.378 e. The molecule has 116 valence electrons. The molecule has 0 heterocycles. The Balaban J connectivity index is 2.06. The zero-order valence-corrected chi connectivity index (χ0v) is 13.4. The van der Waals surface area contributed by atoms with E-state index >= 15 is 0 Å². The summed E-state index contributed by atoms with van der Waals surface area (Å²) in [4.78, 5) is 14.4. The molecular formula is C17H26N2O2. The molecule has 0 unspecified atom stereocenters. The summed E-state index contributed by atoms with van der Waals surface area (Å²) in [6, 6.07) is 7.75. The molecule has 4 heteroatoms. The fraction of sp³-hybridized carbons (Fsp3) is 0.588. The van der Waals surface area contributed by atoms with Gasteiger partial charge in [0, 0.05) is 37.2 Å². The average Bonchev–Trinajstić information content (AvgIpc) is 2.49. The van der Waals surface area contributed by atoms with Crippen LogP contribution in [0.4, 0.5) is 0 Å². The molecule has 0 aliphatic heterocycles. The van der Waals surface area contributed by atoms with Crippen LogP contribution in [0, 0.1) is 5.41 Å². The third-order valence-electron chi connectivity index (χ3n) is 4.72. The van der Waals surface area contributed by atoms with Crippen molar-refractivity contribution in [3.8, 4) is 0 Å². The Kier molecular flexibility index (Phi) is 4.69. The molecule has 4 nitrogen and oxygen atoms in total. The minimum Gasteiger partial charge on any atom is -0.378 e. The number of nitrogens with zero attached hydrogens (tertiary/aromatic N) is 1. The summed E-state index contributed by atoms with van der Waals surface area (Å²) in [6.07, 6.45) is 1.15. The van der Waals surface area contributed by atoms with Gasteiger partial charge >= 0.3 is 0 Å². The predicted molar refractivity (Wildman–Crippen MR) is 84.0 cm³/mol. The van der Waals surface area contributed by atoms with Crippen LogP contribution in [0.1, 0.15) is 43.1 Å². The van der Waals surface area contributed by atoms with E-state index in [1.807, 2.05) is 43.1 Å². The molecule has 0 spiro atoms. The normalized spacial score (nSPS) is 23.5. The lowest BCUT2D eigenvalue weighted by atomic mass is 9.63. The number of ether oxygens (including phenoxy) is 1. The number of carbonyl (C=O) groups is 1. The molecule has 1 fully saturated rings. The van der Waals surface area contributed by atoms with Crippen LogP contribution in [-0.2, 0) is 11.3 Å². The van der Waals surface area contributed by atoms with Crippen molar-refractivity contribution >= 4 is 5.91 Å². The first-order valence-corrected chi connectivity index (χ1v) is 7.59. The van der Waals surface area contributed by atoms with E-state index in [1.165, 1.54) is 0 Å². The summed E-state index contributed by atoms with van der Waals surface area (Å²) in [5.41, 5.74) is 7.33. The fourth-order valence-corrected chi connectivity index (χ4v) is 3.13. The van der Waals surface area contributed by atoms with Crippen LogP contribution < -0.4 is 5.73 Å². The number of rotatable bonds is 5. The molecule has 0 bridgehead atoms. The predicted octanol–water partition coefficient (Wildman–Crippen LogP) is 2.42. The lowest BCUT2D eigenvalue weighted by molar-refractivity contribution is -0.136. The second kappa shape index (κ2) is 6.16. The minimum atomic E-state index is -0.00236. The number of carbonyl (C=O) groups excluding carboxylic acids is 1. The Morgan fingerprint density at radius 1 is 1.38 bits per heavy atom. The number of nitrogens with two attached hydrogens (primary N) is 1. The van der Waals surface area contributed by atoms with E-state index in [0.29, 0.717) is 12.1 Å². The second-order valence-electron chi connectivity index (χ2n) is 6.33. The topological polar surface area (TPSA) is 55.6 Å². The van der Waals surface area contributed by atoms with Crippen LogP contribution >= 0.6 is 0 Å². The molecule has 0 saturated heterocycles. The summed E-state index contributed by atoms with van der Waals surface area (Å²) < 4.78 is 5.74. The Hall–Kier alpha value is -1.39. The molecule has 2 N–H and O–H groups in total. The quantitative estimate of drug-likeness (QED) is 0.906. The Morgan fingerprint density at radius 2 is 2.00 bits per heavy atom. The number of hydrogen-bond donors (Lipinski definition) is 1. The van der Waals surface area contributed by atoms with Gasteiger partial charge in [-0.05, 0) is 31.0 Å². The van der Waals surface area contributed by atoms with E-state index in [2.05, 4.69) is 13.8 Å². The van der Waals surface area contributed by atoms with Crippen molar-refractivity contribution in [3.63, 3.8) is 0 Å². The molecule has 0 radical (unpaired) electrons. The highest BCUT2D eigenvalue weighted by Crippen LogP contribution is 2.45. The van der Waals surface area contributed by atoms with Gasteiger partial charge in [-0.3, -0.25) is 4.79 Å². The summed E-state index contributed by atoms with van der Waals surface area (Å²) in [5, 5.41) is 0. The molecule has 1 aromatic rings. The standard InChI is InChI=1S/C17H26N2O2/c1-5-21-15-10-14(17(15,2)3)19(4)16(20)13-8-6-12(11-18)7-9-13/h6-9,14-15H,5,10-11,18H2,1-4H3/t14-,15-/m0/s1. The highest BCUT2D eigenvalue weighted by atomic mass is 16.5. The van der Waals surface area contributed by atoms with E-state index in [0.717, 1.165) is 18.6 Å². The van der Waals surface area contributed by atoms with Crippen molar-refractivity contribution in [1.29, 1.82) is 0 Å². The first-order chi connectivity index (χ1) is 9.91. The lowest BCUT2D eigenvalue weighted by Gasteiger charge is -2.54. The smallest absolute Gasteiger partial charge is 0.253 e. The number of benzene rings is 1. The van der Waals surface area contributed by atoms with Gasteiger partial charge in [-0.25, -0.2) is 0 Å². The Bertz CT molecular complexity index is 496. The van der Waals surface area contributed by atoms with Gasteiger partial charge in [0.1, 0.15) is 0 Å². The van der Waals surface area contributed by atoms with Crippen LogP contribution in [0.15, 0.2) is 24.3 Å². The third kappa shape index (κ3) is 2.97. The number of amides is 1. The molecule has 21 heavy (non-hydrogen) atoms. The summed E-state index contributed by atoms with van der Waals surface area (Å²) in [5.74, 6) is 0.0617. The van der Waals surface area contributed by atoms with Gasteiger partial charge in [-0.2, -0.15) is 0 Å². The van der Waals surface area contributed by atoms with Gasteiger partial charge in [0.15, 0.2) is 0 Å². The minimum absolute atomic E-state index is 0.00236. The number of hydrogen-bond acceptors (Lipinski definition) is 3. The van der Waals surface area contributed by atoms with Crippen LogP contribution in [0.5, 0.6) is 0 Å². The van der Waals surface area contributed by atoms with Crippen LogP contribution in [0.25, 0.3) is 0 Å². The van der Waals surface area contributed by atoms with Gasteiger partial charge in [0.05, 0.1) is 6.10 Å². The summed E-state index contributed by atoms with van der Waals surface area (Å²) >= 11 is 0. The van der Waals surface area contributed by atoms with Crippen molar-refractivity contribution in [2.75, 3.05) is 13.7 Å². The SMILES string of the molecule is CCO[C@H]1C[C@H](N(C)C(=O)c2ccc(CN)cc2)C1(C)C. The van der Waals surface area contributed by atoms with Crippen molar-refractivity contribution in [2.24, 2.45) is 11.1 Å². The maximum absolute atomic E-state index is 12.6. The van der Waals surface area contributed by atoms with E-state index in [-0.39, 0.29) is 23.5 Å². The molecule has 2 rings (SSSR count). The maximum atomic E-state index is 12.6. The second-order valence-corrected chi connectivity index (χ2v) is 6.33. The molecule has 1 aliphatic rings. The van der Waals surface area contributed by atoms with E-state index in [4.69, 9.17) is 10.5 Å². The Morgan fingerprint density at radius 3 is 2.48 bits per heavy atom. The van der Waals surface area contributed by atoms with Crippen LogP contribution in [0.3, 0.4) is 0 Å². The lowest BCUT2D eigenvalue weighted by Crippen LogP contribution is -2.62. The molecular weight excluding hydrogens is 264 g/mol. The van der Waals surface area contributed by atoms with Crippen molar-refractivity contribution < 1.29 is 9.53 Å². The van der Waals surface area contributed by atoms with E-state index in [9.17, 15) is 4.79 Å². The molecule has 2 atom stereocenters.